The number of piperidine rings is 1. The van der Waals surface area contributed by atoms with Crippen LogP contribution in [0.25, 0.3) is 0 Å². The third kappa shape index (κ3) is 3.23. The molecule has 1 saturated heterocycles. The molecule has 3 rings (SSSR count). The Kier molecular flexibility index (Phi) is 4.60. The van der Waals surface area contributed by atoms with Gasteiger partial charge in [0, 0.05) is 30.5 Å². The minimum absolute atomic E-state index is 0.0790. The molecule has 3 nitrogen and oxygen atoms in total. The van der Waals surface area contributed by atoms with E-state index in [1.54, 1.807) is 0 Å². The lowest BCUT2D eigenvalue weighted by atomic mass is 9.88. The fraction of sp³-hybridized carbons (Fsp3) is 0.579. The summed E-state index contributed by atoms with van der Waals surface area (Å²) >= 11 is 0. The molecule has 0 bridgehead atoms. The maximum Gasteiger partial charge on any atom is 0.225 e. The van der Waals surface area contributed by atoms with Gasteiger partial charge in [-0.1, -0.05) is 42.7 Å². The standard InChI is InChI=1S/C19H25NO2/c1-14-6-8-15(9-7-14)18(21)16-10-12-20(13-11-16)19(22)17-4-2-3-5-17/h6-9,16-17H,2-5,10-13H2,1H3. The van der Waals surface area contributed by atoms with Crippen LogP contribution >= 0.6 is 0 Å². The molecule has 118 valence electrons. The highest BCUT2D eigenvalue weighted by Crippen LogP contribution is 2.29. The average molecular weight is 299 g/mol. The van der Waals surface area contributed by atoms with E-state index in [0.29, 0.717) is 5.91 Å². The Bertz CT molecular complexity index is 535. The zero-order valence-corrected chi connectivity index (χ0v) is 13.4. The Morgan fingerprint density at radius 3 is 2.09 bits per heavy atom. The first kappa shape index (κ1) is 15.3. The molecule has 0 radical (unpaired) electrons. The number of amides is 1. The summed E-state index contributed by atoms with van der Waals surface area (Å²) in [5.41, 5.74) is 1.99. The highest BCUT2D eigenvalue weighted by atomic mass is 16.2. The van der Waals surface area contributed by atoms with Crippen LogP contribution in [0.15, 0.2) is 24.3 Å². The van der Waals surface area contributed by atoms with Gasteiger partial charge in [0.25, 0.3) is 0 Å². The Morgan fingerprint density at radius 1 is 0.909 bits per heavy atom. The Balaban J connectivity index is 1.56. The summed E-state index contributed by atoms with van der Waals surface area (Å²) in [4.78, 5) is 27.0. The number of carbonyl (C=O) groups is 2. The van der Waals surface area contributed by atoms with Crippen LogP contribution in [0, 0.1) is 18.8 Å². The molecule has 1 aromatic rings. The van der Waals surface area contributed by atoms with E-state index in [2.05, 4.69) is 0 Å². The van der Waals surface area contributed by atoms with Crippen molar-refractivity contribution in [3.05, 3.63) is 35.4 Å². The van der Waals surface area contributed by atoms with Crippen LogP contribution in [0.2, 0.25) is 0 Å². The second kappa shape index (κ2) is 6.64. The van der Waals surface area contributed by atoms with Crippen molar-refractivity contribution in [2.24, 2.45) is 11.8 Å². The fourth-order valence-corrected chi connectivity index (χ4v) is 3.75. The quantitative estimate of drug-likeness (QED) is 0.800. The van der Waals surface area contributed by atoms with E-state index in [4.69, 9.17) is 0 Å². The molecule has 0 N–H and O–H groups in total. The first-order chi connectivity index (χ1) is 10.6. The van der Waals surface area contributed by atoms with Crippen molar-refractivity contribution in [1.29, 1.82) is 0 Å². The van der Waals surface area contributed by atoms with E-state index in [1.165, 1.54) is 18.4 Å². The Labute approximate surface area is 132 Å². The number of hydrogen-bond donors (Lipinski definition) is 0. The second-order valence-corrected chi connectivity index (χ2v) is 6.81. The number of ketones is 1. The highest BCUT2D eigenvalue weighted by molar-refractivity contribution is 5.98. The minimum atomic E-state index is 0.0790. The largest absolute Gasteiger partial charge is 0.342 e. The molecule has 22 heavy (non-hydrogen) atoms. The average Bonchev–Trinajstić information content (AvgIpc) is 3.09. The Morgan fingerprint density at radius 2 is 1.50 bits per heavy atom. The molecule has 1 aromatic carbocycles. The monoisotopic (exact) mass is 299 g/mol. The van der Waals surface area contributed by atoms with Gasteiger partial charge in [-0.05, 0) is 32.6 Å². The number of hydrogen-bond acceptors (Lipinski definition) is 2. The topological polar surface area (TPSA) is 37.4 Å². The third-order valence-corrected chi connectivity index (χ3v) is 5.22. The van der Waals surface area contributed by atoms with Crippen molar-refractivity contribution in [2.45, 2.75) is 45.4 Å². The van der Waals surface area contributed by atoms with E-state index in [-0.39, 0.29) is 17.6 Å². The molecule has 1 amide bonds. The van der Waals surface area contributed by atoms with Gasteiger partial charge in [0.1, 0.15) is 0 Å². The van der Waals surface area contributed by atoms with Gasteiger partial charge in [0.2, 0.25) is 5.91 Å². The molecule has 3 heteroatoms. The summed E-state index contributed by atoms with van der Waals surface area (Å²) in [5.74, 6) is 0.909. The summed E-state index contributed by atoms with van der Waals surface area (Å²) in [6.45, 7) is 3.52. The molecule has 0 aromatic heterocycles. The van der Waals surface area contributed by atoms with E-state index in [9.17, 15) is 9.59 Å². The van der Waals surface area contributed by atoms with Crippen LogP contribution < -0.4 is 0 Å². The van der Waals surface area contributed by atoms with Gasteiger partial charge in [-0.3, -0.25) is 9.59 Å². The van der Waals surface area contributed by atoms with Crippen molar-refractivity contribution in [3.8, 4) is 0 Å². The number of carbonyl (C=O) groups excluding carboxylic acids is 2. The molecular weight excluding hydrogens is 274 g/mol. The van der Waals surface area contributed by atoms with Crippen LogP contribution in [0.4, 0.5) is 0 Å². The van der Waals surface area contributed by atoms with Gasteiger partial charge in [0.05, 0.1) is 0 Å². The van der Waals surface area contributed by atoms with Gasteiger partial charge in [-0.25, -0.2) is 0 Å². The zero-order chi connectivity index (χ0) is 15.5. The van der Waals surface area contributed by atoms with E-state index < -0.39 is 0 Å². The van der Waals surface area contributed by atoms with Gasteiger partial charge in [0.15, 0.2) is 5.78 Å². The molecule has 0 unspecified atom stereocenters. The van der Waals surface area contributed by atoms with E-state index >= 15 is 0 Å². The molecule has 1 aliphatic carbocycles. The Hall–Kier alpha value is -1.64. The number of benzene rings is 1. The van der Waals surface area contributed by atoms with Crippen LogP contribution in [0.5, 0.6) is 0 Å². The molecular formula is C19H25NO2. The predicted octanol–water partition coefficient (Wildman–Crippen LogP) is 3.61. The maximum atomic E-state index is 12.5. The lowest BCUT2D eigenvalue weighted by molar-refractivity contribution is -0.136. The molecule has 1 saturated carbocycles. The van der Waals surface area contributed by atoms with Gasteiger partial charge < -0.3 is 4.90 Å². The van der Waals surface area contributed by atoms with Crippen LogP contribution in [-0.4, -0.2) is 29.7 Å². The van der Waals surface area contributed by atoms with E-state index in [1.807, 2.05) is 36.1 Å². The molecule has 2 fully saturated rings. The summed E-state index contributed by atoms with van der Waals surface area (Å²) < 4.78 is 0. The van der Waals surface area contributed by atoms with Crippen LogP contribution in [0.1, 0.15) is 54.4 Å². The predicted molar refractivity (Wildman–Crippen MR) is 86.8 cm³/mol. The number of Topliss-reactive ketones (excluding diaryl/α,β-unsaturated/α-hetero) is 1. The fourth-order valence-electron chi connectivity index (χ4n) is 3.75. The van der Waals surface area contributed by atoms with Crippen molar-refractivity contribution < 1.29 is 9.59 Å². The highest BCUT2D eigenvalue weighted by Gasteiger charge is 2.32. The van der Waals surface area contributed by atoms with Crippen molar-refractivity contribution in [1.82, 2.24) is 4.90 Å². The lowest BCUT2D eigenvalue weighted by Gasteiger charge is -2.33. The normalized spacial score (nSPS) is 20.3. The summed E-state index contributed by atoms with van der Waals surface area (Å²) in [7, 11) is 0. The third-order valence-electron chi connectivity index (χ3n) is 5.22. The van der Waals surface area contributed by atoms with Gasteiger partial charge in [-0.15, -0.1) is 0 Å². The molecule has 1 heterocycles. The summed E-state index contributed by atoms with van der Waals surface area (Å²) in [6, 6.07) is 7.83. The van der Waals surface area contributed by atoms with Crippen LogP contribution in [0.3, 0.4) is 0 Å². The zero-order valence-electron chi connectivity index (χ0n) is 13.4. The summed E-state index contributed by atoms with van der Waals surface area (Å²) in [6.07, 6.45) is 6.12. The number of rotatable bonds is 3. The van der Waals surface area contributed by atoms with Gasteiger partial charge >= 0.3 is 0 Å². The van der Waals surface area contributed by atoms with Crippen molar-refractivity contribution >= 4 is 11.7 Å². The number of likely N-dealkylation sites (tertiary alicyclic amines) is 1. The molecule has 2 aliphatic rings. The first-order valence-corrected chi connectivity index (χ1v) is 8.55. The van der Waals surface area contributed by atoms with Crippen molar-refractivity contribution in [2.75, 3.05) is 13.1 Å². The summed E-state index contributed by atoms with van der Waals surface area (Å²) in [5, 5.41) is 0. The number of aryl methyl sites for hydroxylation is 1. The number of nitrogens with zero attached hydrogens (tertiary/aromatic N) is 1. The van der Waals surface area contributed by atoms with Crippen molar-refractivity contribution in [3.63, 3.8) is 0 Å². The SMILES string of the molecule is Cc1ccc(C(=O)C2CCN(C(=O)C3CCCC3)CC2)cc1. The lowest BCUT2D eigenvalue weighted by Crippen LogP contribution is -2.42. The molecule has 1 aliphatic heterocycles. The maximum absolute atomic E-state index is 12.5. The molecule has 0 spiro atoms. The smallest absolute Gasteiger partial charge is 0.225 e. The van der Waals surface area contributed by atoms with Gasteiger partial charge in [-0.2, -0.15) is 0 Å². The first-order valence-electron chi connectivity index (χ1n) is 8.55. The minimum Gasteiger partial charge on any atom is -0.342 e. The second-order valence-electron chi connectivity index (χ2n) is 6.81. The van der Waals surface area contributed by atoms with E-state index in [0.717, 1.165) is 44.3 Å². The molecule has 0 atom stereocenters. The van der Waals surface area contributed by atoms with Crippen LogP contribution in [-0.2, 0) is 4.79 Å².